The molecule has 0 atom stereocenters. The molecular formula is C29H30N2O. The van der Waals surface area contributed by atoms with E-state index in [2.05, 4.69) is 101 Å². The molecule has 3 nitrogen and oxygen atoms in total. The van der Waals surface area contributed by atoms with Gasteiger partial charge in [-0.1, -0.05) is 57.2 Å². The van der Waals surface area contributed by atoms with Crippen molar-refractivity contribution in [3.05, 3.63) is 82.5 Å². The van der Waals surface area contributed by atoms with E-state index in [9.17, 15) is 0 Å². The van der Waals surface area contributed by atoms with Crippen LogP contribution >= 0.6 is 0 Å². The Labute approximate surface area is 190 Å². The second-order valence-corrected chi connectivity index (χ2v) is 10.0. The molecular weight excluding hydrogens is 392 g/mol. The van der Waals surface area contributed by atoms with Crippen molar-refractivity contribution in [1.82, 2.24) is 4.98 Å². The molecule has 0 unspecified atom stereocenters. The molecule has 0 amide bonds. The largest absolute Gasteiger partial charge is 0.435 e. The Bertz CT molecular complexity index is 1360. The lowest BCUT2D eigenvalue weighted by Gasteiger charge is -2.36. The minimum Gasteiger partial charge on any atom is -0.435 e. The van der Waals surface area contributed by atoms with Gasteiger partial charge in [-0.3, -0.25) is 0 Å². The summed E-state index contributed by atoms with van der Waals surface area (Å²) in [7, 11) is 0. The molecule has 4 aromatic rings. The van der Waals surface area contributed by atoms with Crippen molar-refractivity contribution < 1.29 is 4.74 Å². The van der Waals surface area contributed by atoms with Crippen LogP contribution < -0.4 is 9.64 Å². The molecule has 0 spiro atoms. The standard InChI is InChI=1S/C29H30N2O/c1-17-9-8-10-23-22(17)12-14-25-27(23)31(24-13-11-20(4)30-28(24)32-25)26-18(2)15-21(16-19(26)3)29(5,6)7/h8-16H,1-7H3. The molecule has 0 aliphatic carbocycles. The van der Waals surface area contributed by atoms with E-state index in [1.54, 1.807) is 0 Å². The van der Waals surface area contributed by atoms with Gasteiger partial charge in [-0.25, -0.2) is 4.98 Å². The Hall–Kier alpha value is -3.33. The number of fused-ring (bicyclic) bond motifs is 4. The molecule has 162 valence electrons. The molecule has 1 aromatic heterocycles. The Balaban J connectivity index is 1.86. The number of benzene rings is 3. The van der Waals surface area contributed by atoms with Gasteiger partial charge in [0.15, 0.2) is 5.75 Å². The second kappa shape index (κ2) is 7.09. The van der Waals surface area contributed by atoms with Crippen LogP contribution in [0.1, 0.15) is 48.7 Å². The van der Waals surface area contributed by atoms with Gasteiger partial charge in [0.25, 0.3) is 0 Å². The van der Waals surface area contributed by atoms with Crippen LogP contribution in [0.15, 0.2) is 54.6 Å². The molecule has 2 heterocycles. The Morgan fingerprint density at radius 3 is 2.16 bits per heavy atom. The van der Waals surface area contributed by atoms with Gasteiger partial charge < -0.3 is 9.64 Å². The normalized spacial score (nSPS) is 13.0. The van der Waals surface area contributed by atoms with Crippen LogP contribution in [0.3, 0.4) is 0 Å². The fraction of sp³-hybridized carbons (Fsp3) is 0.276. The highest BCUT2D eigenvalue weighted by Crippen LogP contribution is 2.54. The van der Waals surface area contributed by atoms with Crippen LogP contribution in [-0.4, -0.2) is 4.98 Å². The summed E-state index contributed by atoms with van der Waals surface area (Å²) in [6.45, 7) is 15.4. The van der Waals surface area contributed by atoms with Gasteiger partial charge in [-0.15, -0.1) is 0 Å². The molecule has 0 N–H and O–H groups in total. The zero-order valence-electron chi connectivity index (χ0n) is 20.0. The number of pyridine rings is 1. The summed E-state index contributed by atoms with van der Waals surface area (Å²) in [4.78, 5) is 7.10. The number of hydrogen-bond acceptors (Lipinski definition) is 3. The minimum atomic E-state index is 0.0946. The first-order valence-corrected chi connectivity index (χ1v) is 11.2. The highest BCUT2D eigenvalue weighted by atomic mass is 16.5. The molecule has 0 fully saturated rings. The number of ether oxygens (including phenoxy) is 1. The van der Waals surface area contributed by atoms with Crippen molar-refractivity contribution in [3.63, 3.8) is 0 Å². The predicted octanol–water partition coefficient (Wildman–Crippen LogP) is 8.34. The van der Waals surface area contributed by atoms with Crippen molar-refractivity contribution in [2.45, 2.75) is 53.9 Å². The first-order valence-electron chi connectivity index (χ1n) is 11.2. The average Bonchev–Trinajstić information content (AvgIpc) is 2.71. The van der Waals surface area contributed by atoms with Crippen molar-refractivity contribution in [2.75, 3.05) is 4.90 Å². The summed E-state index contributed by atoms with van der Waals surface area (Å²) < 4.78 is 6.36. The summed E-state index contributed by atoms with van der Waals surface area (Å²) in [5.74, 6) is 1.50. The smallest absolute Gasteiger partial charge is 0.244 e. The van der Waals surface area contributed by atoms with Crippen molar-refractivity contribution >= 4 is 27.8 Å². The third-order valence-electron chi connectivity index (χ3n) is 6.45. The van der Waals surface area contributed by atoms with Crippen molar-refractivity contribution in [3.8, 4) is 11.6 Å². The van der Waals surface area contributed by atoms with Crippen LogP contribution in [0.5, 0.6) is 11.6 Å². The van der Waals surface area contributed by atoms with E-state index in [0.29, 0.717) is 5.88 Å². The van der Waals surface area contributed by atoms with E-state index in [1.165, 1.54) is 38.7 Å². The maximum atomic E-state index is 6.36. The highest BCUT2D eigenvalue weighted by Gasteiger charge is 2.31. The summed E-state index contributed by atoms with van der Waals surface area (Å²) >= 11 is 0. The molecule has 32 heavy (non-hydrogen) atoms. The second-order valence-electron chi connectivity index (χ2n) is 10.0. The molecule has 0 saturated heterocycles. The van der Waals surface area contributed by atoms with Crippen LogP contribution in [0, 0.1) is 27.7 Å². The third-order valence-corrected chi connectivity index (χ3v) is 6.45. The van der Waals surface area contributed by atoms with E-state index in [-0.39, 0.29) is 5.41 Å². The number of hydrogen-bond donors (Lipinski definition) is 0. The van der Waals surface area contributed by atoms with Gasteiger partial charge in [-0.2, -0.15) is 0 Å². The quantitative estimate of drug-likeness (QED) is 0.271. The van der Waals surface area contributed by atoms with Crippen LogP contribution in [0.25, 0.3) is 10.8 Å². The first-order chi connectivity index (χ1) is 15.1. The Morgan fingerprint density at radius 1 is 0.750 bits per heavy atom. The summed E-state index contributed by atoms with van der Waals surface area (Å²) in [6, 6.07) is 19.6. The number of aryl methyl sites for hydroxylation is 4. The molecule has 0 saturated carbocycles. The molecule has 1 aliphatic heterocycles. The van der Waals surface area contributed by atoms with Gasteiger partial charge in [0.05, 0.1) is 11.4 Å². The maximum absolute atomic E-state index is 6.36. The Morgan fingerprint density at radius 2 is 1.47 bits per heavy atom. The monoisotopic (exact) mass is 422 g/mol. The predicted molar refractivity (Wildman–Crippen MR) is 134 cm³/mol. The average molecular weight is 423 g/mol. The molecule has 3 heteroatoms. The fourth-order valence-corrected chi connectivity index (χ4v) is 4.76. The molecule has 0 bridgehead atoms. The van der Waals surface area contributed by atoms with Gasteiger partial charge in [0, 0.05) is 11.1 Å². The zero-order valence-corrected chi connectivity index (χ0v) is 20.0. The fourth-order valence-electron chi connectivity index (χ4n) is 4.76. The summed E-state index contributed by atoms with van der Waals surface area (Å²) in [6.07, 6.45) is 0. The van der Waals surface area contributed by atoms with E-state index >= 15 is 0 Å². The van der Waals surface area contributed by atoms with Crippen molar-refractivity contribution in [1.29, 1.82) is 0 Å². The number of aromatic nitrogens is 1. The lowest BCUT2D eigenvalue weighted by molar-refractivity contribution is 0.457. The van der Waals surface area contributed by atoms with Gasteiger partial charge in [0.2, 0.25) is 5.88 Å². The van der Waals surface area contributed by atoms with Crippen molar-refractivity contribution in [2.24, 2.45) is 0 Å². The van der Waals surface area contributed by atoms with Gasteiger partial charge >= 0.3 is 0 Å². The lowest BCUT2D eigenvalue weighted by atomic mass is 9.84. The number of rotatable bonds is 1. The van der Waals surface area contributed by atoms with Gasteiger partial charge in [-0.05, 0) is 78.9 Å². The van der Waals surface area contributed by atoms with Crippen LogP contribution in [0.4, 0.5) is 17.1 Å². The van der Waals surface area contributed by atoms with E-state index in [4.69, 9.17) is 9.72 Å². The van der Waals surface area contributed by atoms with E-state index in [0.717, 1.165) is 22.8 Å². The minimum absolute atomic E-state index is 0.0946. The molecule has 0 radical (unpaired) electrons. The molecule has 5 rings (SSSR count). The van der Waals surface area contributed by atoms with E-state index < -0.39 is 0 Å². The maximum Gasteiger partial charge on any atom is 0.244 e. The van der Waals surface area contributed by atoms with Crippen LogP contribution in [-0.2, 0) is 5.41 Å². The number of anilines is 3. The SMILES string of the molecule is Cc1ccc2c(n1)Oc1ccc3c(C)cccc3c1N2c1c(C)cc(C(C)(C)C)cc1C. The van der Waals surface area contributed by atoms with Gasteiger partial charge in [0.1, 0.15) is 5.69 Å². The lowest BCUT2D eigenvalue weighted by Crippen LogP contribution is -2.20. The van der Waals surface area contributed by atoms with E-state index in [1.807, 2.05) is 6.92 Å². The zero-order chi connectivity index (χ0) is 22.8. The topological polar surface area (TPSA) is 25.4 Å². The number of nitrogens with zero attached hydrogens (tertiary/aromatic N) is 2. The highest BCUT2D eigenvalue weighted by molar-refractivity contribution is 6.05. The molecule has 3 aromatic carbocycles. The molecule has 1 aliphatic rings. The third kappa shape index (κ3) is 3.15. The van der Waals surface area contributed by atoms with Crippen LogP contribution in [0.2, 0.25) is 0 Å². The Kier molecular flexibility index (Phi) is 4.56. The summed E-state index contributed by atoms with van der Waals surface area (Å²) in [5, 5.41) is 2.43. The summed E-state index contributed by atoms with van der Waals surface area (Å²) in [5.41, 5.74) is 9.40. The first kappa shape index (κ1) is 20.6.